The fraction of sp³-hybridized carbons (Fsp3) is 0.807. The quantitative estimate of drug-likeness (QED) is 0.0262. The molecule has 63 heavy (non-hydrogen) atoms. The highest BCUT2D eigenvalue weighted by Gasteiger charge is 2.19. The largest absolute Gasteiger partial charge is 0.462 e. The van der Waals surface area contributed by atoms with Gasteiger partial charge in [0.2, 0.25) is 0 Å². The van der Waals surface area contributed by atoms with Crippen molar-refractivity contribution < 1.29 is 28.6 Å². The lowest BCUT2D eigenvalue weighted by atomic mass is 10.0. The minimum atomic E-state index is -0.781. The van der Waals surface area contributed by atoms with Crippen LogP contribution >= 0.6 is 0 Å². The van der Waals surface area contributed by atoms with E-state index in [0.29, 0.717) is 19.3 Å². The molecule has 0 spiro atoms. The number of hydrogen-bond acceptors (Lipinski definition) is 6. The zero-order chi connectivity index (χ0) is 45.8. The van der Waals surface area contributed by atoms with Gasteiger partial charge in [-0.2, -0.15) is 0 Å². The Labute approximate surface area is 390 Å². The molecule has 366 valence electrons. The molecule has 6 heteroatoms. The molecule has 0 saturated heterocycles. The highest BCUT2D eigenvalue weighted by Crippen LogP contribution is 2.15. The predicted octanol–water partition coefficient (Wildman–Crippen LogP) is 17.9. The Morgan fingerprint density at radius 1 is 0.317 bits per heavy atom. The summed E-state index contributed by atoms with van der Waals surface area (Å²) in [7, 11) is 0. The van der Waals surface area contributed by atoms with Crippen LogP contribution in [0.5, 0.6) is 0 Å². The monoisotopic (exact) mass is 883 g/mol. The molecule has 6 nitrogen and oxygen atoms in total. The van der Waals surface area contributed by atoms with Crippen molar-refractivity contribution in [3.8, 4) is 0 Å². The molecule has 0 aromatic rings. The summed E-state index contributed by atoms with van der Waals surface area (Å²) in [6, 6.07) is 0. The van der Waals surface area contributed by atoms with Gasteiger partial charge < -0.3 is 14.2 Å². The number of rotatable bonds is 49. The molecule has 0 aromatic carbocycles. The van der Waals surface area contributed by atoms with Crippen LogP contribution in [0.4, 0.5) is 0 Å². The lowest BCUT2D eigenvalue weighted by molar-refractivity contribution is -0.167. The van der Waals surface area contributed by atoms with E-state index in [1.165, 1.54) is 141 Å². The van der Waals surface area contributed by atoms with Gasteiger partial charge in [-0.15, -0.1) is 0 Å². The maximum Gasteiger partial charge on any atom is 0.306 e. The Hall–Kier alpha value is -2.63. The van der Waals surface area contributed by atoms with Gasteiger partial charge in [0.1, 0.15) is 13.2 Å². The summed E-state index contributed by atoms with van der Waals surface area (Å²) in [5, 5.41) is 0. The minimum absolute atomic E-state index is 0.0789. The summed E-state index contributed by atoms with van der Waals surface area (Å²) in [6.45, 7) is 6.59. The first-order valence-corrected chi connectivity index (χ1v) is 27.1. The summed E-state index contributed by atoms with van der Waals surface area (Å²) in [4.78, 5) is 38.0. The molecule has 0 unspecified atom stereocenters. The fourth-order valence-corrected chi connectivity index (χ4v) is 7.68. The molecule has 0 saturated carbocycles. The molecule has 0 aliphatic heterocycles. The molecule has 0 amide bonds. The molecule has 0 rings (SSSR count). The van der Waals surface area contributed by atoms with Crippen molar-refractivity contribution in [3.63, 3.8) is 0 Å². The zero-order valence-electron chi connectivity index (χ0n) is 41.8. The van der Waals surface area contributed by atoms with E-state index in [9.17, 15) is 14.4 Å². The van der Waals surface area contributed by atoms with E-state index >= 15 is 0 Å². The second-order valence-corrected chi connectivity index (χ2v) is 18.1. The van der Waals surface area contributed by atoms with E-state index in [-0.39, 0.29) is 31.1 Å². The molecule has 0 heterocycles. The maximum absolute atomic E-state index is 12.8. The molecule has 0 aliphatic carbocycles. The highest BCUT2D eigenvalue weighted by molar-refractivity contribution is 5.71. The number of esters is 3. The van der Waals surface area contributed by atoms with E-state index in [1.807, 2.05) is 0 Å². The van der Waals surface area contributed by atoms with Gasteiger partial charge >= 0.3 is 17.9 Å². The van der Waals surface area contributed by atoms with Crippen LogP contribution in [-0.2, 0) is 28.6 Å². The van der Waals surface area contributed by atoms with Crippen LogP contribution in [0.25, 0.3) is 0 Å². The van der Waals surface area contributed by atoms with Crippen molar-refractivity contribution in [1.82, 2.24) is 0 Å². The van der Waals surface area contributed by atoms with Crippen molar-refractivity contribution >= 4 is 17.9 Å². The average Bonchev–Trinajstić information content (AvgIpc) is 3.28. The van der Waals surface area contributed by atoms with E-state index in [4.69, 9.17) is 14.2 Å². The van der Waals surface area contributed by atoms with Crippen molar-refractivity contribution in [3.05, 3.63) is 48.6 Å². The van der Waals surface area contributed by atoms with E-state index < -0.39 is 6.10 Å². The van der Waals surface area contributed by atoms with Gasteiger partial charge in [-0.3, -0.25) is 14.4 Å². The first-order chi connectivity index (χ1) is 31.0. The van der Waals surface area contributed by atoms with Gasteiger partial charge in [-0.05, 0) is 83.5 Å². The molecule has 1 atom stereocenters. The summed E-state index contributed by atoms with van der Waals surface area (Å²) in [5.74, 6) is -0.891. The normalized spacial score (nSPS) is 12.4. The summed E-state index contributed by atoms with van der Waals surface area (Å²) >= 11 is 0. The average molecular weight is 883 g/mol. The second-order valence-electron chi connectivity index (χ2n) is 18.1. The van der Waals surface area contributed by atoms with Crippen LogP contribution < -0.4 is 0 Å². The first-order valence-electron chi connectivity index (χ1n) is 27.1. The Morgan fingerprint density at radius 2 is 0.571 bits per heavy atom. The molecular formula is C57H102O6. The van der Waals surface area contributed by atoms with Crippen LogP contribution in [0.1, 0.15) is 278 Å². The second kappa shape index (κ2) is 52.0. The fourth-order valence-electron chi connectivity index (χ4n) is 7.68. The Kier molecular flexibility index (Phi) is 49.8. The van der Waals surface area contributed by atoms with E-state index in [2.05, 4.69) is 69.4 Å². The number of hydrogen-bond donors (Lipinski definition) is 0. The van der Waals surface area contributed by atoms with Crippen molar-refractivity contribution in [2.75, 3.05) is 13.2 Å². The van der Waals surface area contributed by atoms with Crippen LogP contribution in [0.2, 0.25) is 0 Å². The Bertz CT molecular complexity index is 1110. The van der Waals surface area contributed by atoms with Crippen LogP contribution in [0, 0.1) is 0 Å². The third kappa shape index (κ3) is 50.2. The number of carbonyl (C=O) groups excluding carboxylic acids is 3. The number of unbranched alkanes of at least 4 members (excludes halogenated alkanes) is 30. The third-order valence-electron chi connectivity index (χ3n) is 11.8. The summed E-state index contributed by atoms with van der Waals surface area (Å²) in [6.07, 6.45) is 62.3. The molecule has 0 N–H and O–H groups in total. The predicted molar refractivity (Wildman–Crippen MR) is 270 cm³/mol. The number of carbonyl (C=O) groups is 3. The van der Waals surface area contributed by atoms with Crippen LogP contribution in [0.15, 0.2) is 48.6 Å². The van der Waals surface area contributed by atoms with E-state index in [0.717, 1.165) is 96.3 Å². The number of allylic oxidation sites excluding steroid dienone is 8. The molecular weight excluding hydrogens is 781 g/mol. The maximum atomic E-state index is 12.8. The zero-order valence-corrected chi connectivity index (χ0v) is 41.8. The minimum Gasteiger partial charge on any atom is -0.462 e. The molecule has 0 radical (unpaired) electrons. The summed E-state index contributed by atoms with van der Waals surface area (Å²) < 4.78 is 16.8. The lowest BCUT2D eigenvalue weighted by Crippen LogP contribution is -2.30. The van der Waals surface area contributed by atoms with Crippen molar-refractivity contribution in [2.45, 2.75) is 284 Å². The van der Waals surface area contributed by atoms with Gasteiger partial charge in [0.05, 0.1) is 0 Å². The standard InChI is InChI=1S/C57H102O6/c1-4-7-10-13-16-19-22-25-27-28-30-32-35-38-41-44-47-50-56(59)62-53-54(52-61-55(58)49-46-43-40-37-34-31-24-21-18-15-12-9-6-3)63-57(60)51-48-45-42-39-36-33-29-26-23-20-17-14-11-8-5-2/h16-17,19-20,25-27,29,54H,4-15,18,21-24,28,30-53H2,1-3H3/b19-16+,20-17+,27-25+,29-26+/t54-/m1/s1. The van der Waals surface area contributed by atoms with Gasteiger partial charge in [0.25, 0.3) is 0 Å². The topological polar surface area (TPSA) is 78.9 Å². The highest BCUT2D eigenvalue weighted by atomic mass is 16.6. The van der Waals surface area contributed by atoms with Gasteiger partial charge in [0, 0.05) is 19.3 Å². The Morgan fingerprint density at radius 3 is 0.905 bits per heavy atom. The van der Waals surface area contributed by atoms with Gasteiger partial charge in [0.15, 0.2) is 6.10 Å². The van der Waals surface area contributed by atoms with Crippen LogP contribution in [0.3, 0.4) is 0 Å². The SMILES string of the molecule is CCCCC/C=C/C/C=C/CCCCCCCCCC(=O)OC[C@@H](COC(=O)CCCCCCCCCCCCCCC)OC(=O)CCCCCCC/C=C/C/C=C/CCCCC. The molecule has 0 fully saturated rings. The van der Waals surface area contributed by atoms with Crippen LogP contribution in [-0.4, -0.2) is 37.2 Å². The van der Waals surface area contributed by atoms with Crippen molar-refractivity contribution in [1.29, 1.82) is 0 Å². The first kappa shape index (κ1) is 60.4. The number of ether oxygens (including phenoxy) is 3. The Balaban J connectivity index is 4.39. The molecule has 0 bridgehead atoms. The lowest BCUT2D eigenvalue weighted by Gasteiger charge is -2.18. The van der Waals surface area contributed by atoms with Gasteiger partial charge in [-0.25, -0.2) is 0 Å². The third-order valence-corrected chi connectivity index (χ3v) is 11.8. The summed E-state index contributed by atoms with van der Waals surface area (Å²) in [5.41, 5.74) is 0. The molecule has 0 aliphatic rings. The van der Waals surface area contributed by atoms with E-state index in [1.54, 1.807) is 0 Å². The smallest absolute Gasteiger partial charge is 0.306 e. The van der Waals surface area contributed by atoms with Gasteiger partial charge in [-0.1, -0.05) is 223 Å². The molecule has 0 aromatic heterocycles. The van der Waals surface area contributed by atoms with Crippen molar-refractivity contribution in [2.24, 2.45) is 0 Å².